The lowest BCUT2D eigenvalue weighted by Gasteiger charge is -2.02. The average molecular weight is 325 g/mol. The molecule has 3 aromatic rings. The highest BCUT2D eigenvalue weighted by Crippen LogP contribution is 2.30. The first-order valence-electron chi connectivity index (χ1n) is 7.43. The molecule has 0 aliphatic carbocycles. The molecule has 3 rings (SSSR count). The van der Waals surface area contributed by atoms with Crippen LogP contribution in [0.5, 0.6) is 0 Å². The SMILES string of the molecule is Cc1ccc(NC(=O)c2cc(-c3cc(C)sc3C)n(C)n2)cc1. The maximum Gasteiger partial charge on any atom is 0.276 e. The second-order valence-corrected chi connectivity index (χ2v) is 7.15. The van der Waals surface area contributed by atoms with Gasteiger partial charge < -0.3 is 5.32 Å². The van der Waals surface area contributed by atoms with E-state index in [1.165, 1.54) is 9.75 Å². The predicted octanol–water partition coefficient (Wildman–Crippen LogP) is 4.33. The highest BCUT2D eigenvalue weighted by atomic mass is 32.1. The molecule has 118 valence electrons. The van der Waals surface area contributed by atoms with Crippen molar-refractivity contribution >= 4 is 22.9 Å². The van der Waals surface area contributed by atoms with Gasteiger partial charge >= 0.3 is 0 Å². The van der Waals surface area contributed by atoms with Crippen LogP contribution in [0, 0.1) is 20.8 Å². The molecule has 2 heterocycles. The molecule has 0 saturated heterocycles. The number of carbonyl (C=O) groups is 1. The Morgan fingerprint density at radius 1 is 1.13 bits per heavy atom. The van der Waals surface area contributed by atoms with Crippen LogP contribution in [0.4, 0.5) is 5.69 Å². The Balaban J connectivity index is 1.86. The molecule has 0 aliphatic rings. The molecule has 0 bridgehead atoms. The number of aryl methyl sites for hydroxylation is 4. The zero-order valence-corrected chi connectivity index (χ0v) is 14.5. The minimum atomic E-state index is -0.194. The van der Waals surface area contributed by atoms with E-state index < -0.39 is 0 Å². The molecule has 1 amide bonds. The summed E-state index contributed by atoms with van der Waals surface area (Å²) in [7, 11) is 1.87. The van der Waals surface area contributed by atoms with Crippen molar-refractivity contribution in [3.8, 4) is 11.3 Å². The van der Waals surface area contributed by atoms with Gasteiger partial charge in [-0.3, -0.25) is 9.48 Å². The normalized spacial score (nSPS) is 10.8. The smallest absolute Gasteiger partial charge is 0.276 e. The van der Waals surface area contributed by atoms with E-state index in [2.05, 4.69) is 30.3 Å². The van der Waals surface area contributed by atoms with E-state index >= 15 is 0 Å². The van der Waals surface area contributed by atoms with E-state index in [0.717, 1.165) is 22.5 Å². The number of benzene rings is 1. The second kappa shape index (κ2) is 6.01. The van der Waals surface area contributed by atoms with Crippen LogP contribution in [0.15, 0.2) is 36.4 Å². The highest BCUT2D eigenvalue weighted by molar-refractivity contribution is 7.12. The fourth-order valence-electron chi connectivity index (χ4n) is 2.55. The summed E-state index contributed by atoms with van der Waals surface area (Å²) in [6.45, 7) is 6.19. The Hall–Kier alpha value is -2.40. The van der Waals surface area contributed by atoms with Crippen LogP contribution in [0.2, 0.25) is 0 Å². The van der Waals surface area contributed by atoms with Crippen molar-refractivity contribution in [1.82, 2.24) is 9.78 Å². The summed E-state index contributed by atoms with van der Waals surface area (Å²) in [4.78, 5) is 14.9. The lowest BCUT2D eigenvalue weighted by molar-refractivity contribution is 0.102. The Morgan fingerprint density at radius 2 is 1.83 bits per heavy atom. The summed E-state index contributed by atoms with van der Waals surface area (Å²) in [6.07, 6.45) is 0. The number of thiophene rings is 1. The van der Waals surface area contributed by atoms with E-state index in [1.54, 1.807) is 16.0 Å². The number of amides is 1. The summed E-state index contributed by atoms with van der Waals surface area (Å²) >= 11 is 1.75. The van der Waals surface area contributed by atoms with Gasteiger partial charge in [-0.25, -0.2) is 0 Å². The molecule has 1 aromatic carbocycles. The van der Waals surface area contributed by atoms with E-state index in [4.69, 9.17) is 0 Å². The first kappa shape index (κ1) is 15.5. The van der Waals surface area contributed by atoms with Crippen molar-refractivity contribution in [2.45, 2.75) is 20.8 Å². The summed E-state index contributed by atoms with van der Waals surface area (Å²) < 4.78 is 1.76. The molecule has 0 atom stereocenters. The Kier molecular flexibility index (Phi) is 4.05. The molecule has 0 radical (unpaired) electrons. The van der Waals surface area contributed by atoms with Crippen molar-refractivity contribution in [2.24, 2.45) is 7.05 Å². The van der Waals surface area contributed by atoms with E-state index in [1.807, 2.05) is 44.3 Å². The van der Waals surface area contributed by atoms with Gasteiger partial charge in [0.25, 0.3) is 5.91 Å². The number of nitrogens with one attached hydrogen (secondary N) is 1. The largest absolute Gasteiger partial charge is 0.321 e. The third kappa shape index (κ3) is 3.19. The average Bonchev–Trinajstić information content (AvgIpc) is 3.03. The van der Waals surface area contributed by atoms with Crippen LogP contribution in [-0.2, 0) is 7.05 Å². The van der Waals surface area contributed by atoms with Gasteiger partial charge in [0.2, 0.25) is 0 Å². The molecule has 23 heavy (non-hydrogen) atoms. The van der Waals surface area contributed by atoms with Crippen LogP contribution >= 0.6 is 11.3 Å². The van der Waals surface area contributed by atoms with Gasteiger partial charge in [-0.2, -0.15) is 5.10 Å². The zero-order chi connectivity index (χ0) is 16.6. The number of carbonyl (C=O) groups excluding carboxylic acids is 1. The van der Waals surface area contributed by atoms with Crippen molar-refractivity contribution in [3.63, 3.8) is 0 Å². The highest BCUT2D eigenvalue weighted by Gasteiger charge is 2.16. The van der Waals surface area contributed by atoms with Gasteiger partial charge in [-0.05, 0) is 45.0 Å². The van der Waals surface area contributed by atoms with Crippen molar-refractivity contribution in [3.05, 3.63) is 57.4 Å². The van der Waals surface area contributed by atoms with E-state index in [0.29, 0.717) is 5.69 Å². The van der Waals surface area contributed by atoms with Crippen LogP contribution in [-0.4, -0.2) is 15.7 Å². The quantitative estimate of drug-likeness (QED) is 0.779. The number of hydrogen-bond donors (Lipinski definition) is 1. The van der Waals surface area contributed by atoms with Gasteiger partial charge in [-0.1, -0.05) is 17.7 Å². The molecule has 0 saturated carbocycles. The van der Waals surface area contributed by atoms with E-state index in [-0.39, 0.29) is 5.91 Å². The maximum atomic E-state index is 12.4. The number of rotatable bonds is 3. The molecule has 2 aromatic heterocycles. The van der Waals surface area contributed by atoms with Gasteiger partial charge in [0, 0.05) is 28.1 Å². The molecule has 0 fully saturated rings. The Labute approximate surface area is 139 Å². The van der Waals surface area contributed by atoms with Crippen LogP contribution in [0.25, 0.3) is 11.3 Å². The van der Waals surface area contributed by atoms with Crippen molar-refractivity contribution in [2.75, 3.05) is 5.32 Å². The van der Waals surface area contributed by atoms with Crippen molar-refractivity contribution < 1.29 is 4.79 Å². The van der Waals surface area contributed by atoms with Crippen LogP contribution < -0.4 is 5.32 Å². The topological polar surface area (TPSA) is 46.9 Å². The molecule has 5 heteroatoms. The number of anilines is 1. The van der Waals surface area contributed by atoms with E-state index in [9.17, 15) is 4.79 Å². The lowest BCUT2D eigenvalue weighted by Crippen LogP contribution is -2.12. The monoisotopic (exact) mass is 325 g/mol. The summed E-state index contributed by atoms with van der Waals surface area (Å²) in [5, 5.41) is 7.25. The minimum absolute atomic E-state index is 0.194. The maximum absolute atomic E-state index is 12.4. The molecule has 0 aliphatic heterocycles. The van der Waals surface area contributed by atoms with Gasteiger partial charge in [0.15, 0.2) is 5.69 Å². The molecule has 4 nitrogen and oxygen atoms in total. The predicted molar refractivity (Wildman–Crippen MR) is 95.1 cm³/mol. The van der Waals surface area contributed by atoms with Gasteiger partial charge in [0.05, 0.1) is 5.69 Å². The number of nitrogens with zero attached hydrogens (tertiary/aromatic N) is 2. The molecular weight excluding hydrogens is 306 g/mol. The number of aromatic nitrogens is 2. The Bertz CT molecular complexity index is 859. The van der Waals surface area contributed by atoms with Gasteiger partial charge in [0.1, 0.15) is 0 Å². The summed E-state index contributed by atoms with van der Waals surface area (Å²) in [5.41, 5.74) is 4.45. The minimum Gasteiger partial charge on any atom is -0.321 e. The third-order valence-corrected chi connectivity index (χ3v) is 4.70. The summed E-state index contributed by atoms with van der Waals surface area (Å²) in [5.74, 6) is -0.194. The zero-order valence-electron chi connectivity index (χ0n) is 13.7. The molecule has 0 spiro atoms. The second-order valence-electron chi connectivity index (χ2n) is 5.69. The molecular formula is C18H19N3OS. The van der Waals surface area contributed by atoms with Crippen LogP contribution in [0.3, 0.4) is 0 Å². The van der Waals surface area contributed by atoms with Gasteiger partial charge in [-0.15, -0.1) is 11.3 Å². The van der Waals surface area contributed by atoms with Crippen LogP contribution in [0.1, 0.15) is 25.8 Å². The number of hydrogen-bond acceptors (Lipinski definition) is 3. The molecule has 0 unspecified atom stereocenters. The third-order valence-electron chi connectivity index (χ3n) is 3.74. The fourth-order valence-corrected chi connectivity index (χ4v) is 3.48. The standard InChI is InChI=1S/C18H19N3OS/c1-11-5-7-14(8-6-11)19-18(22)16-10-17(21(4)20-16)15-9-12(2)23-13(15)3/h5-10H,1-4H3,(H,19,22). The first-order valence-corrected chi connectivity index (χ1v) is 8.25. The Morgan fingerprint density at radius 3 is 2.43 bits per heavy atom. The fraction of sp³-hybridized carbons (Fsp3) is 0.222. The lowest BCUT2D eigenvalue weighted by atomic mass is 10.1. The first-order chi connectivity index (χ1) is 10.9. The van der Waals surface area contributed by atoms with Crippen molar-refractivity contribution in [1.29, 1.82) is 0 Å². The summed E-state index contributed by atoms with van der Waals surface area (Å²) in [6, 6.07) is 11.7. The molecule has 1 N–H and O–H groups in total.